The van der Waals surface area contributed by atoms with Gasteiger partial charge in [-0.25, -0.2) is 0 Å². The number of hydrogen-bond acceptors (Lipinski definition) is 6. The summed E-state index contributed by atoms with van der Waals surface area (Å²) in [6, 6.07) is 0. The first-order valence-electron chi connectivity index (χ1n) is 32.4. The molecule has 0 amide bonds. The van der Waals surface area contributed by atoms with Gasteiger partial charge < -0.3 is 14.2 Å². The van der Waals surface area contributed by atoms with Gasteiger partial charge >= 0.3 is 17.9 Å². The van der Waals surface area contributed by atoms with E-state index in [1.807, 2.05) is 0 Å². The molecule has 0 fully saturated rings. The first-order chi connectivity index (χ1) is 37.0. The molecule has 0 bridgehead atoms. The van der Waals surface area contributed by atoms with Crippen LogP contribution in [0.2, 0.25) is 0 Å². The summed E-state index contributed by atoms with van der Waals surface area (Å²) < 4.78 is 16.9. The Kier molecular flexibility index (Phi) is 60.7. The largest absolute Gasteiger partial charge is 0.462 e. The highest BCUT2D eigenvalue weighted by Gasteiger charge is 2.19. The number of allylic oxidation sites excluding steroid dienone is 12. The lowest BCUT2D eigenvalue weighted by molar-refractivity contribution is -0.167. The standard InChI is InChI=1S/C69H122O6/c1-4-7-10-13-16-19-22-25-28-31-33-35-37-38-41-44-47-50-53-56-59-62-68(71)74-65-66(64-73-67(70)61-58-55-52-49-46-43-40-30-27-24-21-18-15-12-9-6-3)75-69(72)63-60-57-54-51-48-45-42-39-36-34-32-29-26-23-20-17-14-11-8-5-2/h7,10,16,19,21,24-25,28,30,33,35,40,66H,4-6,8-9,11-15,17-18,20,22-23,26-27,29,31-32,34,36-39,41-65H2,1-3H3/b10-7-,19-16-,24-21-,28-25-,35-33-,40-30-. The number of ether oxygens (including phenoxy) is 3. The molecule has 0 aliphatic rings. The van der Waals surface area contributed by atoms with Crippen LogP contribution in [0.5, 0.6) is 0 Å². The van der Waals surface area contributed by atoms with Crippen molar-refractivity contribution in [1.29, 1.82) is 0 Å². The fourth-order valence-corrected chi connectivity index (χ4v) is 9.35. The van der Waals surface area contributed by atoms with Crippen molar-refractivity contribution in [2.24, 2.45) is 0 Å². The molecular formula is C69H122O6. The van der Waals surface area contributed by atoms with E-state index in [2.05, 4.69) is 93.7 Å². The first kappa shape index (κ1) is 71.8. The Labute approximate surface area is 465 Å². The van der Waals surface area contributed by atoms with Gasteiger partial charge in [0.25, 0.3) is 0 Å². The number of carbonyl (C=O) groups excluding carboxylic acids is 3. The molecule has 0 aromatic rings. The number of unbranched alkanes of at least 4 members (excludes halogenated alkanes) is 36. The van der Waals surface area contributed by atoms with E-state index in [-0.39, 0.29) is 31.1 Å². The van der Waals surface area contributed by atoms with Gasteiger partial charge in [0.05, 0.1) is 0 Å². The Bertz CT molecular complexity index is 1390. The highest BCUT2D eigenvalue weighted by Crippen LogP contribution is 2.17. The van der Waals surface area contributed by atoms with Crippen molar-refractivity contribution in [2.45, 2.75) is 335 Å². The molecule has 0 saturated carbocycles. The summed E-state index contributed by atoms with van der Waals surface area (Å²) in [5.74, 6) is -0.884. The Morgan fingerprint density at radius 1 is 0.280 bits per heavy atom. The zero-order chi connectivity index (χ0) is 54.3. The molecule has 0 rings (SSSR count). The van der Waals surface area contributed by atoms with Gasteiger partial charge in [-0.1, -0.05) is 293 Å². The number of rotatable bonds is 59. The monoisotopic (exact) mass is 1050 g/mol. The molecule has 6 heteroatoms. The fraction of sp³-hybridized carbons (Fsp3) is 0.783. The summed E-state index contributed by atoms with van der Waals surface area (Å²) in [5.41, 5.74) is 0. The van der Waals surface area contributed by atoms with Crippen LogP contribution in [0.1, 0.15) is 329 Å². The van der Waals surface area contributed by atoms with E-state index in [1.165, 1.54) is 180 Å². The van der Waals surface area contributed by atoms with Crippen LogP contribution in [0, 0.1) is 0 Å². The normalized spacial score (nSPS) is 12.5. The Balaban J connectivity index is 4.37. The number of esters is 3. The molecule has 1 atom stereocenters. The lowest BCUT2D eigenvalue weighted by atomic mass is 10.0. The van der Waals surface area contributed by atoms with Gasteiger partial charge in [-0.05, 0) is 89.9 Å². The summed E-state index contributed by atoms with van der Waals surface area (Å²) in [6.07, 6.45) is 81.9. The number of hydrogen-bond donors (Lipinski definition) is 0. The fourth-order valence-electron chi connectivity index (χ4n) is 9.35. The molecule has 434 valence electrons. The molecule has 1 unspecified atom stereocenters. The lowest BCUT2D eigenvalue weighted by Crippen LogP contribution is -2.30. The third-order valence-corrected chi connectivity index (χ3v) is 14.2. The molecule has 75 heavy (non-hydrogen) atoms. The summed E-state index contributed by atoms with van der Waals surface area (Å²) in [6.45, 7) is 6.54. The minimum Gasteiger partial charge on any atom is -0.462 e. The van der Waals surface area contributed by atoms with Crippen LogP contribution in [-0.2, 0) is 28.6 Å². The van der Waals surface area contributed by atoms with Crippen LogP contribution in [0.25, 0.3) is 0 Å². The van der Waals surface area contributed by atoms with Crippen LogP contribution < -0.4 is 0 Å². The molecule has 0 radical (unpaired) electrons. The topological polar surface area (TPSA) is 78.9 Å². The second-order valence-corrected chi connectivity index (χ2v) is 21.6. The first-order valence-corrected chi connectivity index (χ1v) is 32.4. The third kappa shape index (κ3) is 61.6. The van der Waals surface area contributed by atoms with Crippen LogP contribution in [0.15, 0.2) is 72.9 Å². The molecule has 0 aliphatic carbocycles. The van der Waals surface area contributed by atoms with Gasteiger partial charge in [-0.3, -0.25) is 14.4 Å². The average molecular weight is 1050 g/mol. The van der Waals surface area contributed by atoms with Crippen LogP contribution in [0.3, 0.4) is 0 Å². The second kappa shape index (κ2) is 63.4. The van der Waals surface area contributed by atoms with E-state index >= 15 is 0 Å². The molecule has 0 aromatic carbocycles. The second-order valence-electron chi connectivity index (χ2n) is 21.6. The van der Waals surface area contributed by atoms with E-state index in [1.54, 1.807) is 0 Å². The van der Waals surface area contributed by atoms with Crippen molar-refractivity contribution in [1.82, 2.24) is 0 Å². The molecule has 0 aliphatic heterocycles. The minimum absolute atomic E-state index is 0.0815. The predicted octanol–water partition coefficient (Wildman–Crippen LogP) is 22.1. The third-order valence-electron chi connectivity index (χ3n) is 14.2. The van der Waals surface area contributed by atoms with Gasteiger partial charge in [-0.15, -0.1) is 0 Å². The average Bonchev–Trinajstić information content (AvgIpc) is 3.41. The Morgan fingerprint density at radius 3 is 0.827 bits per heavy atom. The van der Waals surface area contributed by atoms with Gasteiger partial charge in [0.1, 0.15) is 13.2 Å². The highest BCUT2D eigenvalue weighted by molar-refractivity contribution is 5.71. The zero-order valence-electron chi connectivity index (χ0n) is 49.8. The van der Waals surface area contributed by atoms with Gasteiger partial charge in [0.2, 0.25) is 0 Å². The van der Waals surface area contributed by atoms with Crippen molar-refractivity contribution in [3.8, 4) is 0 Å². The van der Waals surface area contributed by atoms with Gasteiger partial charge in [0.15, 0.2) is 6.10 Å². The van der Waals surface area contributed by atoms with E-state index in [0.717, 1.165) is 109 Å². The van der Waals surface area contributed by atoms with Gasteiger partial charge in [-0.2, -0.15) is 0 Å². The van der Waals surface area contributed by atoms with Crippen molar-refractivity contribution < 1.29 is 28.6 Å². The van der Waals surface area contributed by atoms with Crippen molar-refractivity contribution >= 4 is 17.9 Å². The summed E-state index contributed by atoms with van der Waals surface area (Å²) in [7, 11) is 0. The quantitative estimate of drug-likeness (QED) is 0.0261. The van der Waals surface area contributed by atoms with E-state index in [9.17, 15) is 14.4 Å². The highest BCUT2D eigenvalue weighted by atomic mass is 16.6. The summed E-state index contributed by atoms with van der Waals surface area (Å²) in [5, 5.41) is 0. The van der Waals surface area contributed by atoms with Crippen LogP contribution >= 0.6 is 0 Å². The van der Waals surface area contributed by atoms with Crippen LogP contribution in [0.4, 0.5) is 0 Å². The van der Waals surface area contributed by atoms with Crippen molar-refractivity contribution in [2.75, 3.05) is 13.2 Å². The molecular weight excluding hydrogens is 925 g/mol. The molecule has 0 aromatic heterocycles. The summed E-state index contributed by atoms with van der Waals surface area (Å²) in [4.78, 5) is 38.4. The van der Waals surface area contributed by atoms with Crippen LogP contribution in [-0.4, -0.2) is 37.2 Å². The van der Waals surface area contributed by atoms with E-state index in [0.29, 0.717) is 19.3 Å². The maximum absolute atomic E-state index is 12.9. The molecule has 0 spiro atoms. The predicted molar refractivity (Wildman–Crippen MR) is 325 cm³/mol. The Morgan fingerprint density at radius 2 is 0.520 bits per heavy atom. The van der Waals surface area contributed by atoms with Crippen molar-refractivity contribution in [3.63, 3.8) is 0 Å². The maximum atomic E-state index is 12.9. The number of carbonyl (C=O) groups is 3. The molecule has 0 saturated heterocycles. The molecule has 6 nitrogen and oxygen atoms in total. The van der Waals surface area contributed by atoms with E-state index in [4.69, 9.17) is 14.2 Å². The zero-order valence-corrected chi connectivity index (χ0v) is 49.8. The lowest BCUT2D eigenvalue weighted by Gasteiger charge is -2.18. The molecule has 0 N–H and O–H groups in total. The van der Waals surface area contributed by atoms with Crippen molar-refractivity contribution in [3.05, 3.63) is 72.9 Å². The smallest absolute Gasteiger partial charge is 0.306 e. The SMILES string of the molecule is CC/C=C\C/C=C\C/C=C\C/C=C\CCCCCCCCCCC(=O)OCC(COC(=O)CCCCCCC/C=C\C/C=C\CCCCCC)OC(=O)CCCCCCCCCCCCCCCCCCCCCC. The van der Waals surface area contributed by atoms with E-state index < -0.39 is 6.10 Å². The van der Waals surface area contributed by atoms with Gasteiger partial charge in [0, 0.05) is 19.3 Å². The molecule has 0 heterocycles. The maximum Gasteiger partial charge on any atom is 0.306 e. The minimum atomic E-state index is -0.784. The Hall–Kier alpha value is -3.15. The summed E-state index contributed by atoms with van der Waals surface area (Å²) >= 11 is 0.